The minimum absolute atomic E-state index is 0.0392. The minimum atomic E-state index is -0.341. The van der Waals surface area contributed by atoms with E-state index in [-0.39, 0.29) is 42.4 Å². The van der Waals surface area contributed by atoms with Gasteiger partial charge in [0.15, 0.2) is 0 Å². The number of methoxy groups -OCH3 is 1. The third-order valence-corrected chi connectivity index (χ3v) is 5.89. The number of aliphatic hydroxyl groups excluding tert-OH is 1. The molecule has 1 saturated heterocycles. The lowest BCUT2D eigenvalue weighted by Crippen LogP contribution is -2.59. The lowest BCUT2D eigenvalue weighted by molar-refractivity contribution is -0.137. The van der Waals surface area contributed by atoms with Crippen molar-refractivity contribution in [2.75, 3.05) is 26.7 Å². The summed E-state index contributed by atoms with van der Waals surface area (Å²) in [6.07, 6.45) is 1.75. The van der Waals surface area contributed by atoms with Crippen molar-refractivity contribution in [1.29, 1.82) is 0 Å². The topological polar surface area (TPSA) is 108 Å². The maximum Gasteiger partial charge on any atom is 0.270 e. The Hall–Kier alpha value is -4.07. The molecule has 0 aliphatic carbocycles. The van der Waals surface area contributed by atoms with Gasteiger partial charge in [0, 0.05) is 24.0 Å². The number of rotatable bonds is 7. The van der Waals surface area contributed by atoms with Gasteiger partial charge in [0.05, 0.1) is 18.9 Å². The van der Waals surface area contributed by atoms with E-state index in [1.807, 2.05) is 48.5 Å². The molecule has 2 N–H and O–H groups in total. The van der Waals surface area contributed by atoms with E-state index in [9.17, 15) is 20.1 Å². The Balaban J connectivity index is 1.58. The summed E-state index contributed by atoms with van der Waals surface area (Å²) < 4.78 is 5.26. The number of H-pyrrole nitrogens is 1. The lowest BCUT2D eigenvalue weighted by atomic mass is 10.0. The van der Waals surface area contributed by atoms with E-state index < -0.39 is 0 Å². The number of hydrogen-bond donors (Lipinski definition) is 2. The zero-order valence-corrected chi connectivity index (χ0v) is 19.2. The molecule has 0 saturated carbocycles. The SMILES string of the molecule is COc1ccc2[nH]c(C(=O)N3CC(=O)N(CC(=[N-])/C=C(/C)O)[C@@H](Cc4ccccc4)C3)cc2c1. The first-order valence-corrected chi connectivity index (χ1v) is 11.1. The smallest absolute Gasteiger partial charge is 0.270 e. The van der Waals surface area contributed by atoms with E-state index in [0.29, 0.717) is 24.4 Å². The number of hydrogen-bond acceptors (Lipinski definition) is 4. The first-order chi connectivity index (χ1) is 16.3. The summed E-state index contributed by atoms with van der Waals surface area (Å²) in [4.78, 5) is 32.7. The fourth-order valence-corrected chi connectivity index (χ4v) is 4.29. The summed E-state index contributed by atoms with van der Waals surface area (Å²) in [6, 6.07) is 16.6. The first-order valence-electron chi connectivity index (χ1n) is 11.1. The van der Waals surface area contributed by atoms with Crippen molar-refractivity contribution in [2.24, 2.45) is 0 Å². The number of nitrogens with zero attached hydrogens (tertiary/aromatic N) is 3. The molecule has 0 bridgehead atoms. The number of carbonyl (C=O) groups is 2. The third kappa shape index (κ3) is 5.11. The highest BCUT2D eigenvalue weighted by Crippen LogP contribution is 2.24. The average molecular weight is 460 g/mol. The number of fused-ring (bicyclic) bond motifs is 1. The molecule has 4 rings (SSSR count). The maximum atomic E-state index is 13.3. The van der Waals surface area contributed by atoms with Gasteiger partial charge in [0.2, 0.25) is 5.91 Å². The lowest BCUT2D eigenvalue weighted by Gasteiger charge is -2.42. The van der Waals surface area contributed by atoms with Crippen LogP contribution in [-0.4, -0.2) is 70.2 Å². The monoisotopic (exact) mass is 459 g/mol. The second-order valence-corrected chi connectivity index (χ2v) is 8.46. The van der Waals surface area contributed by atoms with E-state index in [1.54, 1.807) is 23.0 Å². The molecule has 1 aliphatic heterocycles. The summed E-state index contributed by atoms with van der Waals surface area (Å²) in [5.74, 6) is 0.114. The number of benzene rings is 2. The summed E-state index contributed by atoms with van der Waals surface area (Å²) in [5.41, 5.74) is 2.11. The van der Waals surface area contributed by atoms with E-state index in [0.717, 1.165) is 16.5 Å². The van der Waals surface area contributed by atoms with E-state index in [1.165, 1.54) is 13.0 Å². The highest BCUT2D eigenvalue weighted by Gasteiger charge is 2.35. The Kier molecular flexibility index (Phi) is 6.67. The fourth-order valence-electron chi connectivity index (χ4n) is 4.29. The van der Waals surface area contributed by atoms with Crippen molar-refractivity contribution < 1.29 is 19.4 Å². The van der Waals surface area contributed by atoms with E-state index in [2.05, 4.69) is 4.98 Å². The molecule has 34 heavy (non-hydrogen) atoms. The molecular formula is C26H27N4O4-. The van der Waals surface area contributed by atoms with Crippen molar-refractivity contribution >= 4 is 28.4 Å². The summed E-state index contributed by atoms with van der Waals surface area (Å²) >= 11 is 0. The van der Waals surface area contributed by atoms with Crippen molar-refractivity contribution in [3.8, 4) is 5.75 Å². The number of ether oxygens (including phenoxy) is 1. The Bertz CT molecular complexity index is 1240. The molecule has 1 aromatic heterocycles. The Morgan fingerprint density at radius 2 is 2.00 bits per heavy atom. The van der Waals surface area contributed by atoms with Gasteiger partial charge in [-0.3, -0.25) is 9.59 Å². The standard InChI is InChI=1S/C26H27N4O4/c1-17(31)10-20(27)14-30-21(11-18-6-4-3-5-7-18)15-29(16-25(30)32)26(33)24-13-19-12-22(34-2)8-9-23(19)28-24/h3-10,12-13,21,28,31H,11,14-16H2,1-2H3/q-1/b17-10-/t21-/m0/s1. The van der Waals surface area contributed by atoms with Gasteiger partial charge in [-0.05, 0) is 49.2 Å². The van der Waals surface area contributed by atoms with Crippen LogP contribution in [0.5, 0.6) is 5.75 Å². The van der Waals surface area contributed by atoms with Gasteiger partial charge < -0.3 is 30.0 Å². The zero-order chi connectivity index (χ0) is 24.2. The molecule has 2 heterocycles. The molecular weight excluding hydrogens is 432 g/mol. The first kappa shape index (κ1) is 23.1. The van der Waals surface area contributed by atoms with Crippen LogP contribution in [0.2, 0.25) is 0 Å². The van der Waals surface area contributed by atoms with Crippen LogP contribution in [0.1, 0.15) is 23.0 Å². The van der Waals surface area contributed by atoms with Crippen molar-refractivity contribution in [3.63, 3.8) is 0 Å². The molecule has 2 aromatic carbocycles. The van der Waals surface area contributed by atoms with Crippen molar-refractivity contribution in [2.45, 2.75) is 19.4 Å². The van der Waals surface area contributed by atoms with Crippen LogP contribution >= 0.6 is 0 Å². The number of piperazine rings is 1. The molecule has 2 amide bonds. The zero-order valence-electron chi connectivity index (χ0n) is 19.2. The number of aromatic amines is 1. The molecule has 1 fully saturated rings. The number of nitrogens with one attached hydrogen (secondary N) is 1. The van der Waals surface area contributed by atoms with Gasteiger partial charge in [-0.1, -0.05) is 30.3 Å². The number of amides is 2. The number of carbonyl (C=O) groups excluding carboxylic acids is 2. The number of aliphatic hydroxyl groups is 1. The van der Waals surface area contributed by atoms with Gasteiger partial charge >= 0.3 is 0 Å². The third-order valence-electron chi connectivity index (χ3n) is 5.89. The normalized spacial score (nSPS) is 16.7. The average Bonchev–Trinajstić information content (AvgIpc) is 3.24. The molecule has 3 aromatic rings. The van der Waals surface area contributed by atoms with Crippen LogP contribution in [0.15, 0.2) is 66.4 Å². The van der Waals surface area contributed by atoms with Crippen LogP contribution in [0.25, 0.3) is 16.3 Å². The number of allylic oxidation sites excluding steroid dienone is 1. The number of aromatic nitrogens is 1. The summed E-state index contributed by atoms with van der Waals surface area (Å²) in [7, 11) is 1.59. The van der Waals surface area contributed by atoms with Crippen LogP contribution < -0.4 is 4.74 Å². The van der Waals surface area contributed by atoms with Crippen LogP contribution in [0.4, 0.5) is 0 Å². The van der Waals surface area contributed by atoms with Gasteiger partial charge in [-0.2, -0.15) is 5.71 Å². The Morgan fingerprint density at radius 3 is 2.71 bits per heavy atom. The molecule has 176 valence electrons. The highest BCUT2D eigenvalue weighted by atomic mass is 16.5. The molecule has 8 heteroatoms. The van der Waals surface area contributed by atoms with E-state index in [4.69, 9.17) is 4.74 Å². The molecule has 1 aliphatic rings. The highest BCUT2D eigenvalue weighted by molar-refractivity contribution is 6.03. The van der Waals surface area contributed by atoms with Crippen LogP contribution in [0.3, 0.4) is 0 Å². The summed E-state index contributed by atoms with van der Waals surface area (Å²) in [5, 5.41) is 20.6. The fraction of sp³-hybridized carbons (Fsp3) is 0.269. The predicted molar refractivity (Wildman–Crippen MR) is 131 cm³/mol. The van der Waals surface area contributed by atoms with Gasteiger partial charge in [0.1, 0.15) is 18.0 Å². The van der Waals surface area contributed by atoms with E-state index >= 15 is 0 Å². The second-order valence-electron chi connectivity index (χ2n) is 8.46. The maximum absolute atomic E-state index is 13.3. The van der Waals surface area contributed by atoms with Crippen LogP contribution in [0, 0.1) is 0 Å². The molecule has 0 radical (unpaired) electrons. The van der Waals surface area contributed by atoms with Crippen molar-refractivity contribution in [1.82, 2.24) is 14.8 Å². The Morgan fingerprint density at radius 1 is 1.24 bits per heavy atom. The Labute approximate surface area is 197 Å². The molecule has 0 spiro atoms. The molecule has 0 unspecified atom stereocenters. The summed E-state index contributed by atoms with van der Waals surface area (Å²) in [6.45, 7) is 1.62. The molecule has 8 nitrogen and oxygen atoms in total. The quantitative estimate of drug-likeness (QED) is 0.416. The molecule has 1 atom stereocenters. The van der Waals surface area contributed by atoms with Crippen molar-refractivity contribution in [3.05, 3.63) is 83.1 Å². The van der Waals surface area contributed by atoms with Crippen LogP contribution in [-0.2, 0) is 11.2 Å². The minimum Gasteiger partial charge on any atom is -0.806 e. The predicted octanol–water partition coefficient (Wildman–Crippen LogP) is 3.54. The van der Waals surface area contributed by atoms with Gasteiger partial charge in [0.25, 0.3) is 5.91 Å². The largest absolute Gasteiger partial charge is 0.806 e. The second kappa shape index (κ2) is 9.82. The van der Waals surface area contributed by atoms with Gasteiger partial charge in [-0.15, -0.1) is 0 Å². The van der Waals surface area contributed by atoms with Gasteiger partial charge in [-0.25, -0.2) is 0 Å².